The molecule has 0 radical (unpaired) electrons. The summed E-state index contributed by atoms with van der Waals surface area (Å²) in [5, 5.41) is 3.73. The van der Waals surface area contributed by atoms with Crippen LogP contribution >= 0.6 is 11.6 Å². The molecule has 3 aliphatic rings. The fourth-order valence-corrected chi connectivity index (χ4v) is 6.57. The number of nitrogens with zero attached hydrogens (tertiary/aromatic N) is 4. The van der Waals surface area contributed by atoms with Crippen LogP contribution in [-0.4, -0.2) is 74.0 Å². The predicted molar refractivity (Wildman–Crippen MR) is 171 cm³/mol. The second-order valence-corrected chi connectivity index (χ2v) is 12.1. The molecular formula is C34H40ClN5O2. The molecule has 0 aliphatic carbocycles. The molecule has 3 fully saturated rings. The molecule has 220 valence electrons. The summed E-state index contributed by atoms with van der Waals surface area (Å²) in [5.74, 6) is 0.00272. The SMILES string of the molecule is O=C(Nc1cccc(N2CCCC2)c1)c1ccc(N2CCN(C(=O)Cc3ccc(CN4CCCC4)cc3Cl)CC2)cc1. The maximum absolute atomic E-state index is 13.1. The number of hydrogen-bond acceptors (Lipinski definition) is 5. The van der Waals surface area contributed by atoms with E-state index in [1.165, 1.54) is 31.2 Å². The largest absolute Gasteiger partial charge is 0.371 e. The molecule has 3 heterocycles. The number of benzene rings is 3. The van der Waals surface area contributed by atoms with Gasteiger partial charge in [0.15, 0.2) is 0 Å². The van der Waals surface area contributed by atoms with E-state index in [-0.39, 0.29) is 11.8 Å². The summed E-state index contributed by atoms with van der Waals surface area (Å²) in [4.78, 5) is 35.0. The standard InChI is InChI=1S/C34H40ClN5O2/c35-32-22-26(25-37-14-1-2-15-37)8-9-28(32)23-33(41)40-20-18-39(19-21-40)30-12-10-27(11-13-30)34(42)36-29-6-5-7-31(24-29)38-16-3-4-17-38/h5-13,22,24H,1-4,14-21,23,25H2,(H,36,42). The molecule has 0 spiro atoms. The van der Waals surface area contributed by atoms with E-state index in [1.807, 2.05) is 53.4 Å². The lowest BCUT2D eigenvalue weighted by atomic mass is 10.1. The third kappa shape index (κ3) is 6.90. The zero-order chi connectivity index (χ0) is 28.9. The Kier molecular flexibility index (Phi) is 8.96. The molecule has 0 atom stereocenters. The Labute approximate surface area is 254 Å². The normalized spacial score (nSPS) is 17.6. The monoisotopic (exact) mass is 585 g/mol. The molecule has 6 rings (SSSR count). The molecule has 3 saturated heterocycles. The molecule has 0 bridgehead atoms. The first-order valence-electron chi connectivity index (χ1n) is 15.3. The van der Waals surface area contributed by atoms with Crippen molar-refractivity contribution >= 4 is 40.5 Å². The van der Waals surface area contributed by atoms with Gasteiger partial charge in [-0.2, -0.15) is 0 Å². The molecule has 7 nitrogen and oxygen atoms in total. The maximum atomic E-state index is 13.1. The topological polar surface area (TPSA) is 59.1 Å². The molecule has 42 heavy (non-hydrogen) atoms. The Morgan fingerprint density at radius 3 is 2.12 bits per heavy atom. The van der Waals surface area contributed by atoms with Gasteiger partial charge in [0.2, 0.25) is 5.91 Å². The molecule has 0 unspecified atom stereocenters. The molecule has 2 amide bonds. The highest BCUT2D eigenvalue weighted by Crippen LogP contribution is 2.25. The van der Waals surface area contributed by atoms with Crippen LogP contribution in [0.4, 0.5) is 17.1 Å². The number of anilines is 3. The average molecular weight is 586 g/mol. The second-order valence-electron chi connectivity index (χ2n) is 11.7. The van der Waals surface area contributed by atoms with Gasteiger partial charge >= 0.3 is 0 Å². The summed E-state index contributed by atoms with van der Waals surface area (Å²) < 4.78 is 0. The van der Waals surface area contributed by atoms with Crippen molar-refractivity contribution in [3.63, 3.8) is 0 Å². The van der Waals surface area contributed by atoms with E-state index in [4.69, 9.17) is 11.6 Å². The Balaban J connectivity index is 0.985. The van der Waals surface area contributed by atoms with Gasteiger partial charge in [-0.3, -0.25) is 14.5 Å². The molecule has 1 N–H and O–H groups in total. The van der Waals surface area contributed by atoms with E-state index in [1.54, 1.807) is 0 Å². The Bertz CT molecular complexity index is 1390. The van der Waals surface area contributed by atoms with Crippen LogP contribution < -0.4 is 15.1 Å². The lowest BCUT2D eigenvalue weighted by molar-refractivity contribution is -0.130. The fraction of sp³-hybridized carbons (Fsp3) is 0.412. The van der Waals surface area contributed by atoms with Gasteiger partial charge in [-0.05, 0) is 98.4 Å². The Morgan fingerprint density at radius 2 is 1.40 bits per heavy atom. The highest BCUT2D eigenvalue weighted by molar-refractivity contribution is 6.31. The highest BCUT2D eigenvalue weighted by Gasteiger charge is 2.23. The molecule has 3 aromatic rings. The van der Waals surface area contributed by atoms with Crippen LogP contribution in [0.15, 0.2) is 66.7 Å². The van der Waals surface area contributed by atoms with Crippen molar-refractivity contribution in [3.05, 3.63) is 88.4 Å². The van der Waals surface area contributed by atoms with E-state index in [2.05, 4.69) is 38.2 Å². The molecule has 0 aromatic heterocycles. The summed E-state index contributed by atoms with van der Waals surface area (Å²) >= 11 is 6.59. The first-order valence-corrected chi connectivity index (χ1v) is 15.7. The molecule has 3 aromatic carbocycles. The third-order valence-electron chi connectivity index (χ3n) is 8.77. The summed E-state index contributed by atoms with van der Waals surface area (Å²) in [6.07, 6.45) is 5.30. The summed E-state index contributed by atoms with van der Waals surface area (Å²) in [6, 6.07) is 22.0. The number of carbonyl (C=O) groups excluding carboxylic acids is 2. The smallest absolute Gasteiger partial charge is 0.255 e. The van der Waals surface area contributed by atoms with Gasteiger partial charge < -0.3 is 20.0 Å². The molecule has 8 heteroatoms. The fourth-order valence-electron chi connectivity index (χ4n) is 6.30. The Hall–Kier alpha value is -3.55. The minimum Gasteiger partial charge on any atom is -0.371 e. The zero-order valence-corrected chi connectivity index (χ0v) is 25.0. The van der Waals surface area contributed by atoms with Crippen LogP contribution in [0.1, 0.15) is 47.2 Å². The van der Waals surface area contributed by atoms with Crippen molar-refractivity contribution in [3.8, 4) is 0 Å². The van der Waals surface area contributed by atoms with E-state index in [0.29, 0.717) is 30.1 Å². The minimum absolute atomic E-state index is 0.113. The van der Waals surface area contributed by atoms with Gasteiger partial charge in [-0.15, -0.1) is 0 Å². The third-order valence-corrected chi connectivity index (χ3v) is 9.12. The maximum Gasteiger partial charge on any atom is 0.255 e. The molecule has 0 saturated carbocycles. The number of carbonyl (C=O) groups is 2. The van der Waals surface area contributed by atoms with Gasteiger partial charge in [0.25, 0.3) is 5.91 Å². The van der Waals surface area contributed by atoms with Gasteiger partial charge in [-0.1, -0.05) is 29.8 Å². The first-order chi connectivity index (χ1) is 20.5. The number of amides is 2. The average Bonchev–Trinajstić information content (AvgIpc) is 3.74. The van der Waals surface area contributed by atoms with E-state index < -0.39 is 0 Å². The van der Waals surface area contributed by atoms with Crippen molar-refractivity contribution in [2.45, 2.75) is 38.6 Å². The first kappa shape index (κ1) is 28.6. The number of rotatable bonds is 8. The molecular weight excluding hydrogens is 546 g/mol. The van der Waals surface area contributed by atoms with Gasteiger partial charge in [-0.25, -0.2) is 0 Å². The van der Waals surface area contributed by atoms with Crippen molar-refractivity contribution in [2.75, 3.05) is 67.5 Å². The van der Waals surface area contributed by atoms with Gasteiger partial charge in [0.05, 0.1) is 6.42 Å². The van der Waals surface area contributed by atoms with Gasteiger partial charge in [0.1, 0.15) is 0 Å². The van der Waals surface area contributed by atoms with Crippen LogP contribution in [0.25, 0.3) is 0 Å². The van der Waals surface area contributed by atoms with Gasteiger partial charge in [0, 0.05) is 73.5 Å². The van der Waals surface area contributed by atoms with Crippen LogP contribution in [0.5, 0.6) is 0 Å². The quantitative estimate of drug-likeness (QED) is 0.369. The van der Waals surface area contributed by atoms with E-state index >= 15 is 0 Å². The lowest BCUT2D eigenvalue weighted by Gasteiger charge is -2.36. The van der Waals surface area contributed by atoms with E-state index in [0.717, 1.165) is 68.4 Å². The highest BCUT2D eigenvalue weighted by atomic mass is 35.5. The Morgan fingerprint density at radius 1 is 0.714 bits per heavy atom. The number of nitrogens with one attached hydrogen (secondary N) is 1. The van der Waals surface area contributed by atoms with Crippen molar-refractivity contribution in [2.24, 2.45) is 0 Å². The predicted octanol–water partition coefficient (Wildman–Crippen LogP) is 5.68. The van der Waals surface area contributed by atoms with Crippen LogP contribution in [0.3, 0.4) is 0 Å². The van der Waals surface area contributed by atoms with E-state index in [9.17, 15) is 9.59 Å². The summed E-state index contributed by atoms with van der Waals surface area (Å²) in [6.45, 7) is 8.21. The van der Waals surface area contributed by atoms with Crippen molar-refractivity contribution in [1.29, 1.82) is 0 Å². The number of piperazine rings is 1. The lowest BCUT2D eigenvalue weighted by Crippen LogP contribution is -2.49. The van der Waals surface area contributed by atoms with Crippen LogP contribution in [0, 0.1) is 0 Å². The zero-order valence-electron chi connectivity index (χ0n) is 24.2. The molecule has 3 aliphatic heterocycles. The van der Waals surface area contributed by atoms with Crippen molar-refractivity contribution in [1.82, 2.24) is 9.80 Å². The van der Waals surface area contributed by atoms with Crippen LogP contribution in [0.2, 0.25) is 5.02 Å². The van der Waals surface area contributed by atoms with Crippen molar-refractivity contribution < 1.29 is 9.59 Å². The minimum atomic E-state index is -0.113. The van der Waals surface area contributed by atoms with Crippen LogP contribution in [-0.2, 0) is 17.8 Å². The number of halogens is 1. The number of hydrogen-bond donors (Lipinski definition) is 1. The number of likely N-dealkylation sites (tertiary alicyclic amines) is 1. The second kappa shape index (κ2) is 13.2. The summed E-state index contributed by atoms with van der Waals surface area (Å²) in [5.41, 5.74) is 5.77. The summed E-state index contributed by atoms with van der Waals surface area (Å²) in [7, 11) is 0.